The number of sulfonamides is 1. The Balaban J connectivity index is 3.33. The minimum absolute atomic E-state index is 0.0187. The van der Waals surface area contributed by atoms with Crippen molar-refractivity contribution in [3.8, 4) is 0 Å². The standard InChI is InChI=1S/C7H7Cl2NO2S/c1-5-2-3-7(6(8)4-5)13(11,12)10-9/h2-4,10H,1H3. The van der Waals surface area contributed by atoms with Crippen molar-refractivity contribution in [3.63, 3.8) is 0 Å². The fourth-order valence-corrected chi connectivity index (χ4v) is 2.30. The molecule has 0 amide bonds. The average Bonchev–Trinajstić information content (AvgIpc) is 2.03. The Morgan fingerprint density at radius 2 is 2.00 bits per heavy atom. The molecule has 0 bridgehead atoms. The third-order valence-corrected chi connectivity index (χ3v) is 3.65. The molecule has 0 atom stereocenters. The summed E-state index contributed by atoms with van der Waals surface area (Å²) in [6.07, 6.45) is 0. The molecule has 0 aromatic heterocycles. The second-order valence-electron chi connectivity index (χ2n) is 2.51. The lowest BCUT2D eigenvalue weighted by Gasteiger charge is -2.03. The molecule has 0 aliphatic heterocycles. The molecule has 0 aliphatic rings. The van der Waals surface area contributed by atoms with Gasteiger partial charge in [-0.05, 0) is 36.4 Å². The van der Waals surface area contributed by atoms with Gasteiger partial charge in [0.25, 0.3) is 10.0 Å². The van der Waals surface area contributed by atoms with Gasteiger partial charge in [-0.15, -0.1) is 4.24 Å². The highest BCUT2D eigenvalue weighted by Crippen LogP contribution is 2.22. The van der Waals surface area contributed by atoms with Crippen LogP contribution in [0.15, 0.2) is 23.1 Å². The Morgan fingerprint density at radius 1 is 1.38 bits per heavy atom. The van der Waals surface area contributed by atoms with Gasteiger partial charge < -0.3 is 0 Å². The molecule has 0 spiro atoms. The molecule has 1 aromatic rings. The summed E-state index contributed by atoms with van der Waals surface area (Å²) in [5, 5.41) is 0.160. The van der Waals surface area contributed by atoms with Gasteiger partial charge in [0, 0.05) is 0 Å². The fourth-order valence-electron chi connectivity index (χ4n) is 0.865. The van der Waals surface area contributed by atoms with Crippen molar-refractivity contribution in [2.24, 2.45) is 0 Å². The topological polar surface area (TPSA) is 46.2 Å². The minimum atomic E-state index is -3.66. The molecule has 72 valence electrons. The summed E-state index contributed by atoms with van der Waals surface area (Å²) < 4.78 is 24.1. The second kappa shape index (κ2) is 3.84. The first-order chi connectivity index (χ1) is 5.97. The Labute approximate surface area is 86.8 Å². The van der Waals surface area contributed by atoms with Gasteiger partial charge in [-0.1, -0.05) is 17.7 Å². The van der Waals surface area contributed by atoms with E-state index in [0.29, 0.717) is 0 Å². The summed E-state index contributed by atoms with van der Waals surface area (Å²) in [7, 11) is -3.66. The number of hydrogen-bond donors (Lipinski definition) is 1. The van der Waals surface area contributed by atoms with E-state index in [0.717, 1.165) is 5.56 Å². The maximum Gasteiger partial charge on any atom is 0.255 e. The normalized spacial score (nSPS) is 11.6. The van der Waals surface area contributed by atoms with Crippen molar-refractivity contribution < 1.29 is 8.42 Å². The van der Waals surface area contributed by atoms with E-state index in [-0.39, 0.29) is 9.92 Å². The van der Waals surface area contributed by atoms with Crippen molar-refractivity contribution in [1.29, 1.82) is 0 Å². The molecule has 3 nitrogen and oxygen atoms in total. The average molecular weight is 240 g/mol. The summed E-state index contributed by atoms with van der Waals surface area (Å²) in [6.45, 7) is 1.82. The molecule has 1 rings (SSSR count). The van der Waals surface area contributed by atoms with Crippen LogP contribution in [-0.4, -0.2) is 8.42 Å². The van der Waals surface area contributed by atoms with Crippen molar-refractivity contribution in [3.05, 3.63) is 28.8 Å². The third-order valence-electron chi connectivity index (χ3n) is 1.48. The van der Waals surface area contributed by atoms with Crippen LogP contribution in [0.3, 0.4) is 0 Å². The summed E-state index contributed by atoms with van der Waals surface area (Å²) in [5.74, 6) is 0. The smallest absolute Gasteiger partial charge is 0.206 e. The van der Waals surface area contributed by atoms with E-state index in [1.54, 1.807) is 16.4 Å². The van der Waals surface area contributed by atoms with Gasteiger partial charge in [0.15, 0.2) is 0 Å². The maximum absolute atomic E-state index is 11.2. The van der Waals surface area contributed by atoms with Crippen LogP contribution in [0.4, 0.5) is 0 Å². The summed E-state index contributed by atoms with van der Waals surface area (Å²) >= 11 is 10.8. The van der Waals surface area contributed by atoms with E-state index in [2.05, 4.69) is 0 Å². The lowest BCUT2D eigenvalue weighted by Crippen LogP contribution is -2.13. The zero-order valence-electron chi connectivity index (χ0n) is 6.71. The number of halogens is 2. The highest BCUT2D eigenvalue weighted by Gasteiger charge is 2.15. The first-order valence-electron chi connectivity index (χ1n) is 3.36. The molecule has 0 heterocycles. The summed E-state index contributed by atoms with van der Waals surface area (Å²) in [4.78, 5) is -0.0187. The third kappa shape index (κ3) is 2.34. The van der Waals surface area contributed by atoms with Gasteiger partial charge in [-0.3, -0.25) is 0 Å². The van der Waals surface area contributed by atoms with Crippen molar-refractivity contribution in [1.82, 2.24) is 4.24 Å². The van der Waals surface area contributed by atoms with Crippen LogP contribution in [0.2, 0.25) is 5.02 Å². The second-order valence-corrected chi connectivity index (χ2v) is 4.99. The van der Waals surface area contributed by atoms with Crippen LogP contribution < -0.4 is 4.24 Å². The van der Waals surface area contributed by atoms with E-state index in [1.807, 2.05) is 6.92 Å². The quantitative estimate of drug-likeness (QED) is 0.804. The number of aryl methyl sites for hydroxylation is 1. The number of hydrogen-bond acceptors (Lipinski definition) is 2. The number of nitrogens with one attached hydrogen (secondary N) is 1. The molecule has 1 N–H and O–H groups in total. The Kier molecular flexibility index (Phi) is 3.18. The van der Waals surface area contributed by atoms with Gasteiger partial charge in [-0.25, -0.2) is 8.42 Å². The predicted molar refractivity (Wildman–Crippen MR) is 52.4 cm³/mol. The predicted octanol–water partition coefficient (Wildman–Crippen LogP) is 2.08. The SMILES string of the molecule is Cc1ccc(S(=O)(=O)NCl)c(Cl)c1. The van der Waals surface area contributed by atoms with Gasteiger partial charge in [0.1, 0.15) is 4.90 Å². The zero-order chi connectivity index (χ0) is 10.1. The van der Waals surface area contributed by atoms with Gasteiger partial charge in [0.05, 0.1) is 5.02 Å². The molecular weight excluding hydrogens is 233 g/mol. The van der Waals surface area contributed by atoms with Crippen LogP contribution in [-0.2, 0) is 10.0 Å². The molecule has 0 fully saturated rings. The van der Waals surface area contributed by atoms with E-state index >= 15 is 0 Å². The lowest BCUT2D eigenvalue weighted by molar-refractivity contribution is 0.594. The molecule has 0 aliphatic carbocycles. The Bertz CT molecular complexity index is 417. The molecule has 1 aromatic carbocycles. The van der Waals surface area contributed by atoms with Crippen molar-refractivity contribution >= 4 is 33.4 Å². The highest BCUT2D eigenvalue weighted by molar-refractivity contribution is 7.90. The fraction of sp³-hybridized carbons (Fsp3) is 0.143. The Hall–Kier alpha value is -0.290. The molecule has 13 heavy (non-hydrogen) atoms. The molecule has 0 unspecified atom stereocenters. The Morgan fingerprint density at radius 3 is 2.46 bits per heavy atom. The maximum atomic E-state index is 11.2. The zero-order valence-corrected chi connectivity index (χ0v) is 9.04. The van der Waals surface area contributed by atoms with E-state index < -0.39 is 10.0 Å². The summed E-state index contributed by atoms with van der Waals surface area (Å²) in [6, 6.07) is 4.61. The van der Waals surface area contributed by atoms with E-state index in [4.69, 9.17) is 23.4 Å². The van der Waals surface area contributed by atoms with E-state index in [1.165, 1.54) is 6.07 Å². The van der Waals surface area contributed by atoms with Gasteiger partial charge >= 0.3 is 0 Å². The van der Waals surface area contributed by atoms with Crippen LogP contribution >= 0.6 is 23.4 Å². The monoisotopic (exact) mass is 239 g/mol. The highest BCUT2D eigenvalue weighted by atomic mass is 35.5. The van der Waals surface area contributed by atoms with Crippen LogP contribution in [0, 0.1) is 6.92 Å². The lowest BCUT2D eigenvalue weighted by atomic mass is 10.2. The molecule has 0 saturated heterocycles. The minimum Gasteiger partial charge on any atom is -0.206 e. The number of rotatable bonds is 2. The summed E-state index contributed by atoms with van der Waals surface area (Å²) in [5.41, 5.74) is 0.888. The first-order valence-corrected chi connectivity index (χ1v) is 5.60. The van der Waals surface area contributed by atoms with Crippen LogP contribution in [0.5, 0.6) is 0 Å². The first kappa shape index (κ1) is 10.8. The molecule has 0 radical (unpaired) electrons. The van der Waals surface area contributed by atoms with Crippen molar-refractivity contribution in [2.45, 2.75) is 11.8 Å². The number of benzene rings is 1. The van der Waals surface area contributed by atoms with Crippen LogP contribution in [0.1, 0.15) is 5.56 Å². The molecule has 0 saturated carbocycles. The largest absolute Gasteiger partial charge is 0.255 e. The van der Waals surface area contributed by atoms with Crippen LogP contribution in [0.25, 0.3) is 0 Å². The van der Waals surface area contributed by atoms with Crippen molar-refractivity contribution in [2.75, 3.05) is 0 Å². The van der Waals surface area contributed by atoms with Gasteiger partial charge in [0.2, 0.25) is 0 Å². The molecule has 6 heteroatoms. The van der Waals surface area contributed by atoms with E-state index in [9.17, 15) is 8.42 Å². The van der Waals surface area contributed by atoms with Gasteiger partial charge in [-0.2, -0.15) is 0 Å². The molecular formula is C7H7Cl2NO2S.